The first-order chi connectivity index (χ1) is 6.70. The number of halogens is 2. The third kappa shape index (κ3) is 2.18. The van der Waals surface area contributed by atoms with E-state index < -0.39 is 6.43 Å². The molecule has 1 rings (SSSR count). The number of nitrogens with two attached hydrogens (primary N) is 1. The molecule has 0 radical (unpaired) electrons. The van der Waals surface area contributed by atoms with Gasteiger partial charge < -0.3 is 4.74 Å². The minimum atomic E-state index is -2.56. The number of hydrogen-bond donors (Lipinski definition) is 1. The molecule has 0 atom stereocenters. The molecule has 0 unspecified atom stereocenters. The molecule has 0 saturated carbocycles. The van der Waals surface area contributed by atoms with Crippen LogP contribution in [0.5, 0.6) is 5.75 Å². The van der Waals surface area contributed by atoms with Gasteiger partial charge in [-0.05, 0) is 6.07 Å². The van der Waals surface area contributed by atoms with Gasteiger partial charge in [-0.15, -0.1) is 0 Å². The lowest BCUT2D eigenvalue weighted by Crippen LogP contribution is -2.05. The summed E-state index contributed by atoms with van der Waals surface area (Å²) in [5.74, 6) is 5.21. The molecule has 0 fully saturated rings. The van der Waals surface area contributed by atoms with Gasteiger partial charge in [-0.3, -0.25) is 4.84 Å². The summed E-state index contributed by atoms with van der Waals surface area (Å²) in [6.45, 7) is -0.0936. The predicted octanol–water partition coefficient (Wildman–Crippen LogP) is 2.02. The van der Waals surface area contributed by atoms with Crippen molar-refractivity contribution in [1.82, 2.24) is 0 Å². The van der Waals surface area contributed by atoms with E-state index in [0.717, 1.165) is 0 Å². The summed E-state index contributed by atoms with van der Waals surface area (Å²) in [6.07, 6.45) is -2.56. The van der Waals surface area contributed by atoms with E-state index in [1.807, 2.05) is 0 Å². The molecule has 0 bridgehead atoms. The number of methoxy groups -OCH3 is 1. The normalized spacial score (nSPS) is 10.6. The molecule has 1 aromatic rings. The smallest absolute Gasteiger partial charge is 0.264 e. The van der Waals surface area contributed by atoms with E-state index in [1.54, 1.807) is 6.07 Å². The van der Waals surface area contributed by atoms with E-state index in [0.29, 0.717) is 5.75 Å². The Balaban J connectivity index is 3.13. The molecule has 0 amide bonds. The van der Waals surface area contributed by atoms with Crippen LogP contribution >= 0.6 is 0 Å². The molecule has 0 aliphatic carbocycles. The van der Waals surface area contributed by atoms with Gasteiger partial charge in [0.05, 0.1) is 13.7 Å². The Bertz CT molecular complexity index is 305. The zero-order valence-corrected chi connectivity index (χ0v) is 7.67. The first kappa shape index (κ1) is 10.9. The van der Waals surface area contributed by atoms with E-state index in [2.05, 4.69) is 4.84 Å². The van der Waals surface area contributed by atoms with Crippen LogP contribution in [0.3, 0.4) is 0 Å². The molecule has 0 aliphatic heterocycles. The molecule has 0 saturated heterocycles. The maximum atomic E-state index is 12.5. The molecule has 0 aliphatic rings. The zero-order chi connectivity index (χ0) is 10.6. The first-order valence-corrected chi connectivity index (χ1v) is 3.96. The van der Waals surface area contributed by atoms with Crippen molar-refractivity contribution in [2.24, 2.45) is 5.90 Å². The van der Waals surface area contributed by atoms with Crippen LogP contribution in [0.4, 0.5) is 8.78 Å². The van der Waals surface area contributed by atoms with Crippen molar-refractivity contribution in [3.63, 3.8) is 0 Å². The first-order valence-electron chi connectivity index (χ1n) is 3.96. The van der Waals surface area contributed by atoms with Crippen molar-refractivity contribution in [2.75, 3.05) is 7.11 Å². The Morgan fingerprint density at radius 3 is 2.64 bits per heavy atom. The fraction of sp³-hybridized carbons (Fsp3) is 0.333. The highest BCUT2D eigenvalue weighted by Crippen LogP contribution is 2.29. The van der Waals surface area contributed by atoms with Crippen LogP contribution in [0.1, 0.15) is 17.6 Å². The van der Waals surface area contributed by atoms with E-state index in [1.165, 1.54) is 19.2 Å². The van der Waals surface area contributed by atoms with Gasteiger partial charge >= 0.3 is 0 Å². The predicted molar refractivity (Wildman–Crippen MR) is 46.9 cm³/mol. The molecule has 5 heteroatoms. The highest BCUT2D eigenvalue weighted by Gasteiger charge is 2.16. The Morgan fingerprint density at radius 1 is 1.43 bits per heavy atom. The topological polar surface area (TPSA) is 44.5 Å². The third-order valence-corrected chi connectivity index (χ3v) is 1.85. The van der Waals surface area contributed by atoms with Crippen LogP contribution in [0.25, 0.3) is 0 Å². The Morgan fingerprint density at radius 2 is 2.14 bits per heavy atom. The molecule has 0 spiro atoms. The number of alkyl halides is 2. The van der Waals surface area contributed by atoms with Crippen molar-refractivity contribution in [3.8, 4) is 5.75 Å². The van der Waals surface area contributed by atoms with Gasteiger partial charge in [0.25, 0.3) is 6.43 Å². The maximum Gasteiger partial charge on any atom is 0.264 e. The van der Waals surface area contributed by atoms with Crippen LogP contribution in [0.15, 0.2) is 18.2 Å². The highest BCUT2D eigenvalue weighted by atomic mass is 19.3. The van der Waals surface area contributed by atoms with Crippen molar-refractivity contribution >= 4 is 0 Å². The summed E-state index contributed by atoms with van der Waals surface area (Å²) in [6, 6.07) is 4.40. The molecule has 78 valence electrons. The zero-order valence-electron chi connectivity index (χ0n) is 7.67. The minimum Gasteiger partial charge on any atom is -0.496 e. The van der Waals surface area contributed by atoms with Crippen LogP contribution in [-0.4, -0.2) is 7.11 Å². The van der Waals surface area contributed by atoms with Crippen LogP contribution in [0.2, 0.25) is 0 Å². The number of ether oxygens (including phenoxy) is 1. The number of rotatable bonds is 4. The van der Waals surface area contributed by atoms with Gasteiger partial charge in [0.15, 0.2) is 0 Å². The Kier molecular flexibility index (Phi) is 3.79. The molecule has 0 aromatic heterocycles. The average molecular weight is 203 g/mol. The lowest BCUT2D eigenvalue weighted by molar-refractivity contribution is 0.111. The maximum absolute atomic E-state index is 12.5. The van der Waals surface area contributed by atoms with Crippen molar-refractivity contribution < 1.29 is 18.4 Å². The van der Waals surface area contributed by atoms with Crippen LogP contribution in [-0.2, 0) is 11.4 Å². The second-order valence-electron chi connectivity index (χ2n) is 2.64. The summed E-state index contributed by atoms with van der Waals surface area (Å²) in [5, 5.41) is 0. The van der Waals surface area contributed by atoms with Gasteiger partial charge in [0, 0.05) is 11.1 Å². The Labute approximate surface area is 80.4 Å². The summed E-state index contributed by atoms with van der Waals surface area (Å²) in [5.41, 5.74) is 0.169. The monoisotopic (exact) mass is 203 g/mol. The second-order valence-corrected chi connectivity index (χ2v) is 2.64. The number of hydrogen-bond acceptors (Lipinski definition) is 3. The van der Waals surface area contributed by atoms with Crippen molar-refractivity contribution in [3.05, 3.63) is 29.3 Å². The highest BCUT2D eigenvalue weighted by molar-refractivity contribution is 5.40. The van der Waals surface area contributed by atoms with Crippen molar-refractivity contribution in [1.29, 1.82) is 0 Å². The van der Waals surface area contributed by atoms with Gasteiger partial charge in [-0.2, -0.15) is 0 Å². The fourth-order valence-electron chi connectivity index (χ4n) is 1.22. The molecule has 2 N–H and O–H groups in total. The third-order valence-electron chi connectivity index (χ3n) is 1.85. The molecular weight excluding hydrogens is 192 g/mol. The molecule has 14 heavy (non-hydrogen) atoms. The quantitative estimate of drug-likeness (QED) is 0.761. The molecule has 1 aromatic carbocycles. The Hall–Kier alpha value is -1.20. The van der Waals surface area contributed by atoms with Crippen LogP contribution < -0.4 is 10.6 Å². The minimum absolute atomic E-state index is 0.0936. The summed E-state index contributed by atoms with van der Waals surface area (Å²) in [4.78, 5) is 4.35. The SMILES string of the molecule is COc1cccc(C(F)F)c1CON. The molecular formula is C9H11F2NO2. The summed E-state index contributed by atoms with van der Waals surface area (Å²) in [7, 11) is 1.41. The number of benzene rings is 1. The lowest BCUT2D eigenvalue weighted by atomic mass is 10.1. The molecule has 0 heterocycles. The standard InChI is InChI=1S/C9H11F2NO2/c1-13-8-4-2-3-6(9(10)11)7(8)5-14-12/h2-4,9H,5,12H2,1H3. The summed E-state index contributed by atoms with van der Waals surface area (Å²) < 4.78 is 30.0. The fourth-order valence-corrected chi connectivity index (χ4v) is 1.22. The van der Waals surface area contributed by atoms with Crippen LogP contribution in [0, 0.1) is 0 Å². The van der Waals surface area contributed by atoms with Gasteiger partial charge in [0.1, 0.15) is 5.75 Å². The van der Waals surface area contributed by atoms with E-state index in [4.69, 9.17) is 10.6 Å². The average Bonchev–Trinajstić information content (AvgIpc) is 2.18. The van der Waals surface area contributed by atoms with E-state index in [9.17, 15) is 8.78 Å². The second kappa shape index (κ2) is 4.88. The molecule has 3 nitrogen and oxygen atoms in total. The largest absolute Gasteiger partial charge is 0.496 e. The summed E-state index contributed by atoms with van der Waals surface area (Å²) >= 11 is 0. The lowest BCUT2D eigenvalue weighted by Gasteiger charge is -2.11. The van der Waals surface area contributed by atoms with Gasteiger partial charge in [-0.1, -0.05) is 12.1 Å². The van der Waals surface area contributed by atoms with E-state index >= 15 is 0 Å². The van der Waals surface area contributed by atoms with Gasteiger partial charge in [-0.25, -0.2) is 14.7 Å². The van der Waals surface area contributed by atoms with Gasteiger partial charge in [0.2, 0.25) is 0 Å². The van der Waals surface area contributed by atoms with Crippen molar-refractivity contribution in [2.45, 2.75) is 13.0 Å². The van der Waals surface area contributed by atoms with E-state index in [-0.39, 0.29) is 17.7 Å².